The van der Waals surface area contributed by atoms with Gasteiger partial charge in [0.1, 0.15) is 0 Å². The van der Waals surface area contributed by atoms with Crippen molar-refractivity contribution in [1.29, 1.82) is 0 Å². The molecular formula is C13H16Cl2N2O2S. The van der Waals surface area contributed by atoms with Crippen molar-refractivity contribution in [3.63, 3.8) is 0 Å². The monoisotopic (exact) mass is 334 g/mol. The first-order chi connectivity index (χ1) is 9.47. The fraction of sp³-hybridized carbons (Fsp3) is 0.538. The molecule has 0 unspecified atom stereocenters. The molecule has 2 heterocycles. The fourth-order valence-electron chi connectivity index (χ4n) is 2.35. The van der Waals surface area contributed by atoms with E-state index in [1.807, 2.05) is 6.07 Å². The van der Waals surface area contributed by atoms with Crippen LogP contribution in [0.5, 0.6) is 0 Å². The Morgan fingerprint density at radius 1 is 1.45 bits per heavy atom. The molecule has 4 nitrogen and oxygen atoms in total. The van der Waals surface area contributed by atoms with Gasteiger partial charge in [0.25, 0.3) is 0 Å². The van der Waals surface area contributed by atoms with E-state index in [2.05, 4.69) is 0 Å². The highest BCUT2D eigenvalue weighted by molar-refractivity contribution is 7.20. The van der Waals surface area contributed by atoms with E-state index in [0.29, 0.717) is 34.6 Å². The topological polar surface area (TPSA) is 63.4 Å². The van der Waals surface area contributed by atoms with Crippen LogP contribution in [-0.4, -0.2) is 29.8 Å². The second-order valence-corrected chi connectivity index (χ2v) is 7.22. The van der Waals surface area contributed by atoms with Crippen molar-refractivity contribution in [2.45, 2.75) is 25.7 Å². The van der Waals surface area contributed by atoms with Crippen molar-refractivity contribution >= 4 is 46.4 Å². The molecule has 1 aliphatic heterocycles. The second-order valence-electron chi connectivity index (χ2n) is 4.93. The smallest absolute Gasteiger partial charge is 0.222 e. The maximum Gasteiger partial charge on any atom is 0.222 e. The number of aryl methyl sites for hydroxylation is 1. The van der Waals surface area contributed by atoms with Crippen LogP contribution < -0.4 is 5.73 Å². The lowest BCUT2D eigenvalue weighted by atomic mass is 10.1. The van der Waals surface area contributed by atoms with Gasteiger partial charge in [0, 0.05) is 19.5 Å². The van der Waals surface area contributed by atoms with Crippen LogP contribution in [0.15, 0.2) is 6.07 Å². The molecule has 1 saturated heterocycles. The molecule has 20 heavy (non-hydrogen) atoms. The summed E-state index contributed by atoms with van der Waals surface area (Å²) in [5.41, 5.74) is 6.24. The first-order valence-corrected chi connectivity index (χ1v) is 8.05. The van der Waals surface area contributed by atoms with Gasteiger partial charge < -0.3 is 10.6 Å². The molecule has 2 amide bonds. The molecule has 1 atom stereocenters. The Kier molecular flexibility index (Phi) is 5.29. The molecule has 110 valence electrons. The van der Waals surface area contributed by atoms with Crippen LogP contribution in [0.25, 0.3) is 0 Å². The summed E-state index contributed by atoms with van der Waals surface area (Å²) in [5.74, 6) is -0.435. The minimum absolute atomic E-state index is 0.0752. The number of hydrogen-bond donors (Lipinski definition) is 1. The molecule has 0 spiro atoms. The zero-order valence-corrected chi connectivity index (χ0v) is 13.2. The molecule has 2 rings (SSSR count). The Bertz CT molecular complexity index is 518. The summed E-state index contributed by atoms with van der Waals surface area (Å²) in [6, 6.07) is 1.85. The van der Waals surface area contributed by atoms with Gasteiger partial charge in [-0.3, -0.25) is 9.59 Å². The van der Waals surface area contributed by atoms with E-state index in [0.717, 1.165) is 18.4 Å². The molecule has 1 aliphatic rings. The van der Waals surface area contributed by atoms with Gasteiger partial charge in [0.2, 0.25) is 11.8 Å². The summed E-state index contributed by atoms with van der Waals surface area (Å²) >= 11 is 13.2. The van der Waals surface area contributed by atoms with E-state index in [1.165, 1.54) is 11.3 Å². The van der Waals surface area contributed by atoms with Crippen LogP contribution in [0.4, 0.5) is 0 Å². The first-order valence-electron chi connectivity index (χ1n) is 6.48. The SMILES string of the molecule is NC(=O)[C@H]1CCN(C(=O)CCCc2cc(Cl)sc2Cl)C1. The number of carbonyl (C=O) groups is 2. The predicted octanol–water partition coefficient (Wildman–Crippen LogP) is 2.71. The molecule has 7 heteroatoms. The van der Waals surface area contributed by atoms with Crippen LogP contribution in [0, 0.1) is 5.92 Å². The van der Waals surface area contributed by atoms with Crippen LogP contribution >= 0.6 is 34.5 Å². The second kappa shape index (κ2) is 6.78. The number of thiophene rings is 1. The molecular weight excluding hydrogens is 319 g/mol. The summed E-state index contributed by atoms with van der Waals surface area (Å²) in [7, 11) is 0. The maximum absolute atomic E-state index is 12.0. The Hall–Kier alpha value is -0.780. The maximum atomic E-state index is 12.0. The van der Waals surface area contributed by atoms with Gasteiger partial charge in [-0.2, -0.15) is 0 Å². The van der Waals surface area contributed by atoms with Gasteiger partial charge in [-0.15, -0.1) is 11.3 Å². The van der Waals surface area contributed by atoms with Crippen molar-refractivity contribution < 1.29 is 9.59 Å². The number of nitrogens with zero attached hydrogens (tertiary/aromatic N) is 1. The number of halogens is 2. The Morgan fingerprint density at radius 2 is 2.20 bits per heavy atom. The summed E-state index contributed by atoms with van der Waals surface area (Å²) in [6.45, 7) is 1.08. The summed E-state index contributed by atoms with van der Waals surface area (Å²) in [4.78, 5) is 24.8. The standard InChI is InChI=1S/C13H16Cl2N2O2S/c14-10-6-8(12(15)20-10)2-1-3-11(18)17-5-4-9(7-17)13(16)19/h6,9H,1-5,7H2,(H2,16,19)/t9-/m0/s1. The lowest BCUT2D eigenvalue weighted by Crippen LogP contribution is -2.31. The summed E-state index contributed by atoms with van der Waals surface area (Å²) < 4.78 is 1.36. The number of rotatable bonds is 5. The number of amides is 2. The van der Waals surface area contributed by atoms with E-state index < -0.39 is 0 Å². The van der Waals surface area contributed by atoms with Crippen LogP contribution in [0.3, 0.4) is 0 Å². The van der Waals surface area contributed by atoms with Crippen molar-refractivity contribution in [2.24, 2.45) is 11.7 Å². The lowest BCUT2D eigenvalue weighted by molar-refractivity contribution is -0.130. The first kappa shape index (κ1) is 15.6. The molecule has 0 aromatic carbocycles. The van der Waals surface area contributed by atoms with Gasteiger partial charge in [0.15, 0.2) is 0 Å². The van der Waals surface area contributed by atoms with Crippen molar-refractivity contribution in [2.75, 3.05) is 13.1 Å². The van der Waals surface area contributed by atoms with Crippen molar-refractivity contribution in [1.82, 2.24) is 4.90 Å². The predicted molar refractivity (Wildman–Crippen MR) is 81.2 cm³/mol. The fourth-order valence-corrected chi connectivity index (χ4v) is 3.90. The minimum Gasteiger partial charge on any atom is -0.369 e. The molecule has 1 fully saturated rings. The number of nitrogens with two attached hydrogens (primary N) is 1. The van der Waals surface area contributed by atoms with Crippen molar-refractivity contribution in [3.8, 4) is 0 Å². The van der Waals surface area contributed by atoms with E-state index in [-0.39, 0.29) is 17.7 Å². The van der Waals surface area contributed by atoms with Gasteiger partial charge in [-0.25, -0.2) is 0 Å². The highest BCUT2D eigenvalue weighted by Crippen LogP contribution is 2.32. The molecule has 1 aromatic heterocycles. The Labute approximate surface area is 131 Å². The van der Waals surface area contributed by atoms with Crippen LogP contribution in [-0.2, 0) is 16.0 Å². The number of carbonyl (C=O) groups excluding carboxylic acids is 2. The summed E-state index contributed by atoms with van der Waals surface area (Å²) in [5, 5.41) is 0. The lowest BCUT2D eigenvalue weighted by Gasteiger charge is -2.15. The zero-order chi connectivity index (χ0) is 14.7. The van der Waals surface area contributed by atoms with Gasteiger partial charge in [-0.05, 0) is 30.9 Å². The third kappa shape index (κ3) is 3.87. The van der Waals surface area contributed by atoms with Gasteiger partial charge in [-0.1, -0.05) is 23.2 Å². The third-order valence-corrected chi connectivity index (χ3v) is 5.08. The van der Waals surface area contributed by atoms with Crippen LogP contribution in [0.1, 0.15) is 24.8 Å². The van der Waals surface area contributed by atoms with E-state index >= 15 is 0 Å². The molecule has 0 aliphatic carbocycles. The highest BCUT2D eigenvalue weighted by atomic mass is 35.5. The Morgan fingerprint density at radius 3 is 2.75 bits per heavy atom. The van der Waals surface area contributed by atoms with Gasteiger partial charge in [0.05, 0.1) is 14.6 Å². The number of primary amides is 1. The van der Waals surface area contributed by atoms with E-state index in [9.17, 15) is 9.59 Å². The molecule has 0 bridgehead atoms. The minimum atomic E-state index is -0.319. The highest BCUT2D eigenvalue weighted by Gasteiger charge is 2.29. The molecule has 2 N–H and O–H groups in total. The number of likely N-dealkylation sites (tertiary alicyclic amines) is 1. The average Bonchev–Trinajstić information content (AvgIpc) is 2.97. The quantitative estimate of drug-likeness (QED) is 0.899. The average molecular weight is 335 g/mol. The van der Waals surface area contributed by atoms with Crippen molar-refractivity contribution in [3.05, 3.63) is 20.3 Å². The zero-order valence-electron chi connectivity index (χ0n) is 10.9. The van der Waals surface area contributed by atoms with Gasteiger partial charge >= 0.3 is 0 Å². The molecule has 0 radical (unpaired) electrons. The van der Waals surface area contributed by atoms with E-state index in [1.54, 1.807) is 4.90 Å². The van der Waals surface area contributed by atoms with Crippen LogP contribution in [0.2, 0.25) is 8.67 Å². The summed E-state index contributed by atoms with van der Waals surface area (Å²) in [6.07, 6.45) is 2.59. The third-order valence-electron chi connectivity index (χ3n) is 3.51. The Balaban J connectivity index is 1.76. The number of hydrogen-bond acceptors (Lipinski definition) is 3. The molecule has 0 saturated carbocycles. The largest absolute Gasteiger partial charge is 0.369 e. The van der Waals surface area contributed by atoms with E-state index in [4.69, 9.17) is 28.9 Å². The normalized spacial score (nSPS) is 18.5. The molecule has 1 aromatic rings.